The van der Waals surface area contributed by atoms with Gasteiger partial charge in [0.2, 0.25) is 0 Å². The van der Waals surface area contributed by atoms with E-state index >= 15 is 0 Å². The molecule has 0 spiro atoms. The monoisotopic (exact) mass is 378 g/mol. The highest BCUT2D eigenvalue weighted by atomic mass is 16.5. The molecule has 1 atom stereocenters. The van der Waals surface area contributed by atoms with E-state index in [1.807, 2.05) is 12.1 Å². The number of fused-ring (bicyclic) bond motifs is 4. The number of hydrogen-bond donors (Lipinski definition) is 4. The van der Waals surface area contributed by atoms with Crippen LogP contribution in [0.3, 0.4) is 0 Å². The number of ether oxygens (including phenoxy) is 1. The second-order valence-corrected chi connectivity index (χ2v) is 6.94. The third-order valence-corrected chi connectivity index (χ3v) is 5.34. The van der Waals surface area contributed by atoms with E-state index in [0.29, 0.717) is 36.5 Å². The second kappa shape index (κ2) is 6.22. The van der Waals surface area contributed by atoms with Crippen molar-refractivity contribution in [3.63, 3.8) is 0 Å². The number of aryl methyl sites for hydroxylation is 1. The lowest BCUT2D eigenvalue weighted by Crippen LogP contribution is -2.21. The lowest BCUT2D eigenvalue weighted by atomic mass is 9.86. The molecule has 4 aromatic rings. The van der Waals surface area contributed by atoms with Crippen molar-refractivity contribution in [3.8, 4) is 5.75 Å². The Balaban J connectivity index is 1.62. The van der Waals surface area contributed by atoms with Crippen LogP contribution in [0.2, 0.25) is 0 Å². The van der Waals surface area contributed by atoms with Gasteiger partial charge in [0.05, 0.1) is 35.8 Å². The van der Waals surface area contributed by atoms with Gasteiger partial charge in [0.15, 0.2) is 0 Å². The van der Waals surface area contributed by atoms with Crippen LogP contribution in [0.1, 0.15) is 17.7 Å². The van der Waals surface area contributed by atoms with Gasteiger partial charge in [-0.2, -0.15) is 5.10 Å². The standard InChI is InChI=1S/C19H18N6O3/c1-28-15-6-13-10(7-22-25-13)5-14(15)24-18-16-11-4-9(19(26)27)2-3-12(11)23-17(16)20-8-21-18/h5-9H,2-4H2,1H3,(H,22,25)(H,26,27)(H2,20,21,23,24). The predicted molar refractivity (Wildman–Crippen MR) is 103 cm³/mol. The molecule has 0 aliphatic heterocycles. The molecule has 0 saturated carbocycles. The minimum atomic E-state index is -0.765. The molecule has 9 nitrogen and oxygen atoms in total. The van der Waals surface area contributed by atoms with E-state index < -0.39 is 11.9 Å². The van der Waals surface area contributed by atoms with Gasteiger partial charge in [-0.1, -0.05) is 0 Å². The van der Waals surface area contributed by atoms with Crippen molar-refractivity contribution in [2.24, 2.45) is 5.92 Å². The zero-order chi connectivity index (χ0) is 19.3. The van der Waals surface area contributed by atoms with Crippen molar-refractivity contribution in [2.45, 2.75) is 19.3 Å². The van der Waals surface area contributed by atoms with E-state index in [1.54, 1.807) is 13.3 Å². The van der Waals surface area contributed by atoms with Gasteiger partial charge in [-0.3, -0.25) is 9.89 Å². The number of nitrogens with zero attached hydrogens (tertiary/aromatic N) is 3. The SMILES string of the molecule is COc1cc2[nH]ncc2cc1Nc1ncnc2[nH]c3c(c12)CC(C(=O)O)CC3. The number of anilines is 2. The highest BCUT2D eigenvalue weighted by Crippen LogP contribution is 2.37. The van der Waals surface area contributed by atoms with Crippen LogP contribution in [0, 0.1) is 5.92 Å². The van der Waals surface area contributed by atoms with E-state index in [-0.39, 0.29) is 0 Å². The Morgan fingerprint density at radius 1 is 1.36 bits per heavy atom. The normalized spacial score (nSPS) is 16.2. The Hall–Kier alpha value is -3.62. The Morgan fingerprint density at radius 3 is 3.07 bits per heavy atom. The third kappa shape index (κ3) is 2.55. The summed E-state index contributed by atoms with van der Waals surface area (Å²) in [6, 6.07) is 3.81. The average Bonchev–Trinajstić information content (AvgIpc) is 3.30. The maximum Gasteiger partial charge on any atom is 0.306 e. The van der Waals surface area contributed by atoms with Crippen LogP contribution in [-0.4, -0.2) is 43.3 Å². The zero-order valence-electron chi connectivity index (χ0n) is 15.1. The average molecular weight is 378 g/mol. The van der Waals surface area contributed by atoms with Gasteiger partial charge >= 0.3 is 5.97 Å². The van der Waals surface area contributed by atoms with E-state index in [1.165, 1.54) is 6.33 Å². The number of H-pyrrole nitrogens is 2. The fourth-order valence-corrected chi connectivity index (χ4v) is 3.91. The quantitative estimate of drug-likeness (QED) is 0.430. The van der Waals surface area contributed by atoms with Crippen LogP contribution in [0.4, 0.5) is 11.5 Å². The van der Waals surface area contributed by atoms with Gasteiger partial charge in [-0.05, 0) is 30.9 Å². The van der Waals surface area contributed by atoms with E-state index in [0.717, 1.165) is 33.2 Å². The Bertz CT molecular complexity index is 1210. The minimum Gasteiger partial charge on any atom is -0.494 e. The molecule has 0 radical (unpaired) electrons. The van der Waals surface area contributed by atoms with Gasteiger partial charge in [0, 0.05) is 17.1 Å². The molecule has 28 heavy (non-hydrogen) atoms. The summed E-state index contributed by atoms with van der Waals surface area (Å²) in [7, 11) is 1.61. The van der Waals surface area contributed by atoms with Crippen LogP contribution in [0.25, 0.3) is 21.9 Å². The Kier molecular flexibility index (Phi) is 3.68. The summed E-state index contributed by atoms with van der Waals surface area (Å²) in [6.45, 7) is 0. The molecule has 4 N–H and O–H groups in total. The number of carboxylic acids is 1. The molecule has 3 heterocycles. The first-order valence-electron chi connectivity index (χ1n) is 8.99. The molecule has 1 aliphatic carbocycles. The predicted octanol–water partition coefficient (Wildman–Crippen LogP) is 2.78. The number of aromatic nitrogens is 5. The van der Waals surface area contributed by atoms with Crippen molar-refractivity contribution in [1.29, 1.82) is 0 Å². The number of rotatable bonds is 4. The summed E-state index contributed by atoms with van der Waals surface area (Å²) in [6.07, 6.45) is 5.00. The molecule has 1 aromatic carbocycles. The van der Waals surface area contributed by atoms with Gasteiger partial charge in [-0.25, -0.2) is 9.97 Å². The molecular weight excluding hydrogens is 360 g/mol. The molecular formula is C19H18N6O3. The number of hydrogen-bond acceptors (Lipinski definition) is 6. The van der Waals surface area contributed by atoms with Crippen molar-refractivity contribution in [3.05, 3.63) is 35.9 Å². The van der Waals surface area contributed by atoms with Gasteiger partial charge < -0.3 is 20.1 Å². The smallest absolute Gasteiger partial charge is 0.306 e. The molecule has 3 aromatic heterocycles. The van der Waals surface area contributed by atoms with Crippen LogP contribution < -0.4 is 10.1 Å². The highest BCUT2D eigenvalue weighted by Gasteiger charge is 2.29. The second-order valence-electron chi connectivity index (χ2n) is 6.94. The van der Waals surface area contributed by atoms with E-state index in [2.05, 4.69) is 30.5 Å². The first kappa shape index (κ1) is 16.5. The fourth-order valence-electron chi connectivity index (χ4n) is 3.91. The van der Waals surface area contributed by atoms with Crippen LogP contribution >= 0.6 is 0 Å². The Morgan fingerprint density at radius 2 is 2.25 bits per heavy atom. The highest BCUT2D eigenvalue weighted by molar-refractivity contribution is 5.95. The number of aromatic amines is 2. The Labute approximate surface area is 159 Å². The maximum atomic E-state index is 11.5. The summed E-state index contributed by atoms with van der Waals surface area (Å²) in [5.74, 6) is 0.112. The number of aliphatic carboxylic acids is 1. The molecule has 0 fully saturated rings. The van der Waals surface area contributed by atoms with E-state index in [4.69, 9.17) is 4.74 Å². The maximum absolute atomic E-state index is 11.5. The minimum absolute atomic E-state index is 0.392. The number of benzene rings is 1. The third-order valence-electron chi connectivity index (χ3n) is 5.34. The van der Waals surface area contributed by atoms with Gasteiger partial charge in [-0.15, -0.1) is 0 Å². The van der Waals surface area contributed by atoms with Crippen molar-refractivity contribution in [1.82, 2.24) is 25.1 Å². The fraction of sp³-hybridized carbons (Fsp3) is 0.263. The molecule has 9 heteroatoms. The van der Waals surface area contributed by atoms with E-state index in [9.17, 15) is 9.90 Å². The molecule has 0 amide bonds. The summed E-state index contributed by atoms with van der Waals surface area (Å²) in [5, 5.41) is 21.5. The topological polar surface area (TPSA) is 129 Å². The van der Waals surface area contributed by atoms with Crippen molar-refractivity contribution >= 4 is 39.4 Å². The van der Waals surface area contributed by atoms with Crippen LogP contribution in [0.15, 0.2) is 24.7 Å². The zero-order valence-corrected chi connectivity index (χ0v) is 15.1. The van der Waals surface area contributed by atoms with Gasteiger partial charge in [0.1, 0.15) is 23.5 Å². The number of nitrogens with one attached hydrogen (secondary N) is 3. The summed E-state index contributed by atoms with van der Waals surface area (Å²) in [4.78, 5) is 23.6. The molecule has 0 bridgehead atoms. The molecule has 5 rings (SSSR count). The molecule has 1 unspecified atom stereocenters. The van der Waals surface area contributed by atoms with Gasteiger partial charge in [0.25, 0.3) is 0 Å². The summed E-state index contributed by atoms with van der Waals surface area (Å²) >= 11 is 0. The largest absolute Gasteiger partial charge is 0.494 e. The van der Waals surface area contributed by atoms with Crippen molar-refractivity contribution in [2.75, 3.05) is 12.4 Å². The molecule has 1 aliphatic rings. The lowest BCUT2D eigenvalue weighted by molar-refractivity contribution is -0.142. The van der Waals surface area contributed by atoms with Crippen LogP contribution in [-0.2, 0) is 17.6 Å². The first-order chi connectivity index (χ1) is 13.6. The number of carboxylic acid groups (broad SMARTS) is 1. The lowest BCUT2D eigenvalue weighted by Gasteiger charge is -2.19. The number of carbonyl (C=O) groups is 1. The summed E-state index contributed by atoms with van der Waals surface area (Å²) in [5.41, 5.74) is 4.33. The van der Waals surface area contributed by atoms with Crippen molar-refractivity contribution < 1.29 is 14.6 Å². The first-order valence-corrected chi connectivity index (χ1v) is 8.99. The molecule has 142 valence electrons. The number of methoxy groups -OCH3 is 1. The molecule has 0 saturated heterocycles. The van der Waals surface area contributed by atoms with Crippen LogP contribution in [0.5, 0.6) is 5.75 Å². The summed E-state index contributed by atoms with van der Waals surface area (Å²) < 4.78 is 5.51.